The molecule has 0 bridgehead atoms. The van der Waals surface area contributed by atoms with E-state index >= 15 is 0 Å². The minimum absolute atomic E-state index is 0.0240. The van der Waals surface area contributed by atoms with Gasteiger partial charge in [0.2, 0.25) is 0 Å². The molecule has 0 radical (unpaired) electrons. The molecule has 0 saturated carbocycles. The van der Waals surface area contributed by atoms with Crippen LogP contribution in [0.2, 0.25) is 0 Å². The first-order valence-corrected chi connectivity index (χ1v) is 7.25. The number of thioether (sulfide) groups is 1. The number of nitrogen functional groups attached to an aromatic ring is 1. The molecule has 0 heterocycles. The Morgan fingerprint density at radius 2 is 2.26 bits per heavy atom. The minimum atomic E-state index is -0.0240. The Labute approximate surface area is 119 Å². The van der Waals surface area contributed by atoms with Gasteiger partial charge in [0.1, 0.15) is 0 Å². The molecule has 0 fully saturated rings. The van der Waals surface area contributed by atoms with E-state index in [9.17, 15) is 4.79 Å². The topological polar surface area (TPSA) is 58.4 Å². The second kappa shape index (κ2) is 7.74. The van der Waals surface area contributed by atoms with Crippen LogP contribution in [0, 0.1) is 0 Å². The van der Waals surface area contributed by atoms with Crippen LogP contribution in [-0.4, -0.2) is 43.0 Å². The molecular weight excluding hydrogens is 258 g/mol. The first-order chi connectivity index (χ1) is 9.06. The number of benzene rings is 1. The third-order valence-corrected chi connectivity index (χ3v) is 3.47. The smallest absolute Gasteiger partial charge is 0.253 e. The summed E-state index contributed by atoms with van der Waals surface area (Å²) in [5.41, 5.74) is 8.00. The van der Waals surface area contributed by atoms with Crippen LogP contribution in [0.15, 0.2) is 30.9 Å². The van der Waals surface area contributed by atoms with E-state index in [0.29, 0.717) is 11.3 Å². The van der Waals surface area contributed by atoms with Crippen LogP contribution in [0.3, 0.4) is 0 Å². The van der Waals surface area contributed by atoms with Crippen molar-refractivity contribution >= 4 is 29.0 Å². The van der Waals surface area contributed by atoms with Gasteiger partial charge in [0.25, 0.3) is 5.91 Å². The maximum Gasteiger partial charge on any atom is 0.253 e. The van der Waals surface area contributed by atoms with Crippen LogP contribution in [0.1, 0.15) is 10.4 Å². The molecule has 0 atom stereocenters. The molecule has 0 unspecified atom stereocenters. The van der Waals surface area contributed by atoms with Crippen molar-refractivity contribution < 1.29 is 4.79 Å². The van der Waals surface area contributed by atoms with Gasteiger partial charge in [-0.2, -0.15) is 11.8 Å². The number of nitrogens with zero attached hydrogens (tertiary/aromatic N) is 1. The van der Waals surface area contributed by atoms with E-state index in [4.69, 9.17) is 5.73 Å². The van der Waals surface area contributed by atoms with Gasteiger partial charge in [0.05, 0.1) is 11.4 Å². The molecule has 0 aliphatic carbocycles. The highest BCUT2D eigenvalue weighted by Gasteiger charge is 2.09. The zero-order chi connectivity index (χ0) is 14.3. The summed E-state index contributed by atoms with van der Waals surface area (Å²) in [5.74, 6) is 1.89. The van der Waals surface area contributed by atoms with Gasteiger partial charge in [-0.1, -0.05) is 6.08 Å². The zero-order valence-corrected chi connectivity index (χ0v) is 12.3. The second-order valence-corrected chi connectivity index (χ2v) is 5.44. The number of nitrogens with two attached hydrogens (primary N) is 1. The molecule has 4 nitrogen and oxygen atoms in total. The van der Waals surface area contributed by atoms with E-state index in [0.717, 1.165) is 23.7 Å². The van der Waals surface area contributed by atoms with E-state index in [1.165, 1.54) is 0 Å². The highest BCUT2D eigenvalue weighted by molar-refractivity contribution is 7.99. The van der Waals surface area contributed by atoms with E-state index in [1.54, 1.807) is 49.0 Å². The van der Waals surface area contributed by atoms with Gasteiger partial charge in [-0.25, -0.2) is 0 Å². The molecule has 1 aromatic carbocycles. The molecule has 0 aliphatic rings. The summed E-state index contributed by atoms with van der Waals surface area (Å²) in [6.45, 7) is 4.48. The van der Waals surface area contributed by atoms with Crippen molar-refractivity contribution in [2.75, 3.05) is 43.2 Å². The van der Waals surface area contributed by atoms with Crippen molar-refractivity contribution in [1.29, 1.82) is 0 Å². The number of rotatable bonds is 7. The van der Waals surface area contributed by atoms with Crippen LogP contribution in [-0.2, 0) is 0 Å². The number of carbonyl (C=O) groups excluding carboxylic acids is 1. The number of hydrogen-bond acceptors (Lipinski definition) is 4. The Hall–Kier alpha value is -1.62. The summed E-state index contributed by atoms with van der Waals surface area (Å²) < 4.78 is 0. The fourth-order valence-electron chi connectivity index (χ4n) is 1.53. The zero-order valence-electron chi connectivity index (χ0n) is 11.5. The normalized spacial score (nSPS) is 10.0. The fourth-order valence-corrected chi connectivity index (χ4v) is 2.10. The average Bonchev–Trinajstić information content (AvgIpc) is 2.39. The largest absolute Gasteiger partial charge is 0.397 e. The van der Waals surface area contributed by atoms with Gasteiger partial charge >= 0.3 is 0 Å². The molecule has 3 N–H and O–H groups in total. The summed E-state index contributed by atoms with van der Waals surface area (Å²) in [5, 5.41) is 3.26. The highest BCUT2D eigenvalue weighted by atomic mass is 32.2. The molecule has 0 aromatic heterocycles. The molecule has 1 aromatic rings. The maximum absolute atomic E-state index is 11.9. The van der Waals surface area contributed by atoms with Gasteiger partial charge in [-0.05, 0) is 18.2 Å². The predicted molar refractivity (Wildman–Crippen MR) is 84.9 cm³/mol. The van der Waals surface area contributed by atoms with E-state index in [2.05, 4.69) is 11.9 Å². The lowest BCUT2D eigenvalue weighted by Crippen LogP contribution is -2.22. The van der Waals surface area contributed by atoms with Crippen LogP contribution in [0.5, 0.6) is 0 Å². The monoisotopic (exact) mass is 279 g/mol. The summed E-state index contributed by atoms with van der Waals surface area (Å²) in [6, 6.07) is 5.31. The average molecular weight is 279 g/mol. The summed E-state index contributed by atoms with van der Waals surface area (Å²) in [6.07, 6.45) is 1.88. The number of carbonyl (C=O) groups is 1. The lowest BCUT2D eigenvalue weighted by Gasteiger charge is -2.13. The van der Waals surface area contributed by atoms with Crippen LogP contribution in [0.25, 0.3) is 0 Å². The summed E-state index contributed by atoms with van der Waals surface area (Å²) >= 11 is 1.80. The van der Waals surface area contributed by atoms with E-state index in [-0.39, 0.29) is 5.91 Å². The first-order valence-electron chi connectivity index (χ1n) is 6.10. The van der Waals surface area contributed by atoms with Gasteiger partial charge < -0.3 is 16.0 Å². The molecular formula is C14H21N3OS. The standard InChI is InChI=1S/C14H21N3OS/c1-4-8-19-9-7-16-13-10-11(5-6-12(13)15)14(18)17(2)3/h4-6,10,16H,1,7-9,15H2,2-3H3. The molecule has 1 amide bonds. The van der Waals surface area contributed by atoms with Crippen molar-refractivity contribution in [3.63, 3.8) is 0 Å². The highest BCUT2D eigenvalue weighted by Crippen LogP contribution is 2.20. The third-order valence-electron chi connectivity index (χ3n) is 2.50. The Morgan fingerprint density at radius 1 is 1.53 bits per heavy atom. The molecule has 0 aliphatic heterocycles. The number of anilines is 2. The van der Waals surface area contributed by atoms with Crippen molar-refractivity contribution in [3.05, 3.63) is 36.4 Å². The molecule has 1 rings (SSSR count). The van der Waals surface area contributed by atoms with Crippen molar-refractivity contribution in [2.24, 2.45) is 0 Å². The quantitative estimate of drug-likeness (QED) is 0.457. The maximum atomic E-state index is 11.9. The van der Waals surface area contributed by atoms with Crippen molar-refractivity contribution in [2.45, 2.75) is 0 Å². The second-order valence-electron chi connectivity index (χ2n) is 4.29. The van der Waals surface area contributed by atoms with Crippen LogP contribution < -0.4 is 11.1 Å². The number of amides is 1. The van der Waals surface area contributed by atoms with Gasteiger partial charge in [0, 0.05) is 37.7 Å². The molecule has 0 spiro atoms. The summed E-state index contributed by atoms with van der Waals surface area (Å²) in [4.78, 5) is 13.4. The van der Waals surface area contributed by atoms with Gasteiger partial charge in [0.15, 0.2) is 0 Å². The molecule has 19 heavy (non-hydrogen) atoms. The SMILES string of the molecule is C=CCSCCNc1cc(C(=O)N(C)C)ccc1N. The Morgan fingerprint density at radius 3 is 2.89 bits per heavy atom. The minimum Gasteiger partial charge on any atom is -0.397 e. The van der Waals surface area contributed by atoms with E-state index in [1.807, 2.05) is 6.08 Å². The fraction of sp³-hybridized carbons (Fsp3) is 0.357. The Balaban J connectivity index is 2.64. The molecule has 0 saturated heterocycles. The summed E-state index contributed by atoms with van der Waals surface area (Å²) in [7, 11) is 3.47. The first kappa shape index (κ1) is 15.4. The van der Waals surface area contributed by atoms with Crippen molar-refractivity contribution in [3.8, 4) is 0 Å². The Kier molecular flexibility index (Phi) is 6.29. The lowest BCUT2D eigenvalue weighted by atomic mass is 10.1. The molecule has 5 heteroatoms. The van der Waals surface area contributed by atoms with Crippen LogP contribution in [0.4, 0.5) is 11.4 Å². The van der Waals surface area contributed by atoms with Gasteiger partial charge in [-0.3, -0.25) is 4.79 Å². The number of nitrogens with one attached hydrogen (secondary N) is 1. The van der Waals surface area contributed by atoms with E-state index < -0.39 is 0 Å². The van der Waals surface area contributed by atoms with Crippen molar-refractivity contribution in [1.82, 2.24) is 4.90 Å². The number of hydrogen-bond donors (Lipinski definition) is 2. The van der Waals surface area contributed by atoms with Gasteiger partial charge in [-0.15, -0.1) is 6.58 Å². The predicted octanol–water partition coefficient (Wildman–Crippen LogP) is 2.30. The Bertz CT molecular complexity index is 446. The third kappa shape index (κ3) is 4.87. The lowest BCUT2D eigenvalue weighted by molar-refractivity contribution is 0.0827. The molecule has 104 valence electrons. The van der Waals surface area contributed by atoms with Crippen LogP contribution >= 0.6 is 11.8 Å².